The third kappa shape index (κ3) is 4.48. The van der Waals surface area contributed by atoms with Crippen LogP contribution in [-0.4, -0.2) is 33.3 Å². The molecule has 0 spiro atoms. The summed E-state index contributed by atoms with van der Waals surface area (Å²) in [5.74, 6) is -0.526. The molecule has 0 aliphatic carbocycles. The molecule has 2 aromatic rings. The van der Waals surface area contributed by atoms with Crippen LogP contribution in [-0.2, 0) is 11.3 Å². The number of carbonyl (C=O) groups is 2. The van der Waals surface area contributed by atoms with Gasteiger partial charge in [-0.3, -0.25) is 14.3 Å². The van der Waals surface area contributed by atoms with Gasteiger partial charge in [0.15, 0.2) is 5.76 Å². The highest BCUT2D eigenvalue weighted by molar-refractivity contribution is 5.91. The zero-order valence-corrected chi connectivity index (χ0v) is 11.7. The number of rotatable bonds is 7. The van der Waals surface area contributed by atoms with Gasteiger partial charge in [0.05, 0.1) is 6.54 Å². The minimum Gasteiger partial charge on any atom is -0.481 e. The van der Waals surface area contributed by atoms with E-state index in [-0.39, 0.29) is 24.0 Å². The number of furan rings is 1. The van der Waals surface area contributed by atoms with E-state index >= 15 is 0 Å². The van der Waals surface area contributed by atoms with Crippen LogP contribution >= 0.6 is 0 Å². The lowest BCUT2D eigenvalue weighted by Crippen LogP contribution is -2.28. The molecule has 0 aromatic carbocycles. The van der Waals surface area contributed by atoms with Crippen molar-refractivity contribution >= 4 is 11.9 Å². The Balaban J connectivity index is 1.85. The molecule has 2 heterocycles. The van der Waals surface area contributed by atoms with Crippen molar-refractivity contribution in [1.82, 2.24) is 15.1 Å². The van der Waals surface area contributed by atoms with Crippen LogP contribution in [0.4, 0.5) is 0 Å². The standard InChI is InChI=1S/C14H17N3O4/c1-10(7-13(18)19)8-15-14(20)12-4-3-11(21-12)9-17-6-2-5-16-17/h2-6,10H,7-9H2,1H3,(H,15,20)(H,18,19). The molecular weight excluding hydrogens is 274 g/mol. The Labute approximate surface area is 121 Å². The summed E-state index contributed by atoms with van der Waals surface area (Å²) in [7, 11) is 0. The number of hydrogen-bond donors (Lipinski definition) is 2. The number of carboxylic acids is 1. The summed E-state index contributed by atoms with van der Waals surface area (Å²) in [6.07, 6.45) is 3.49. The maximum absolute atomic E-state index is 11.9. The number of hydrogen-bond acceptors (Lipinski definition) is 4. The predicted octanol–water partition coefficient (Wildman–Crippen LogP) is 1.37. The first-order valence-corrected chi connectivity index (χ1v) is 6.60. The number of nitrogens with one attached hydrogen (secondary N) is 1. The fourth-order valence-electron chi connectivity index (χ4n) is 1.86. The smallest absolute Gasteiger partial charge is 0.303 e. The van der Waals surface area contributed by atoms with E-state index in [9.17, 15) is 9.59 Å². The van der Waals surface area contributed by atoms with E-state index in [1.54, 1.807) is 42.2 Å². The highest BCUT2D eigenvalue weighted by Gasteiger charge is 2.14. The van der Waals surface area contributed by atoms with Crippen molar-refractivity contribution in [3.05, 3.63) is 42.1 Å². The van der Waals surface area contributed by atoms with Crippen LogP contribution in [0.15, 0.2) is 35.0 Å². The van der Waals surface area contributed by atoms with Crippen molar-refractivity contribution in [2.75, 3.05) is 6.54 Å². The van der Waals surface area contributed by atoms with E-state index in [0.717, 1.165) is 0 Å². The zero-order valence-electron chi connectivity index (χ0n) is 11.7. The Kier molecular flexibility index (Phi) is 4.76. The van der Waals surface area contributed by atoms with Crippen LogP contribution in [0.2, 0.25) is 0 Å². The van der Waals surface area contributed by atoms with Gasteiger partial charge in [-0.1, -0.05) is 6.92 Å². The molecule has 0 saturated carbocycles. The number of carboxylic acid groups (broad SMARTS) is 1. The third-order valence-corrected chi connectivity index (χ3v) is 2.90. The van der Waals surface area contributed by atoms with Gasteiger partial charge in [-0.05, 0) is 24.1 Å². The van der Waals surface area contributed by atoms with Crippen LogP contribution in [0.3, 0.4) is 0 Å². The van der Waals surface area contributed by atoms with Crippen molar-refractivity contribution < 1.29 is 19.1 Å². The lowest BCUT2D eigenvalue weighted by atomic mass is 10.1. The monoisotopic (exact) mass is 291 g/mol. The van der Waals surface area contributed by atoms with Gasteiger partial charge < -0.3 is 14.8 Å². The van der Waals surface area contributed by atoms with Crippen LogP contribution in [0.25, 0.3) is 0 Å². The van der Waals surface area contributed by atoms with E-state index in [1.807, 2.05) is 0 Å². The van der Waals surface area contributed by atoms with Crippen molar-refractivity contribution in [3.8, 4) is 0 Å². The molecule has 2 rings (SSSR count). The van der Waals surface area contributed by atoms with E-state index in [4.69, 9.17) is 9.52 Å². The summed E-state index contributed by atoms with van der Waals surface area (Å²) < 4.78 is 7.13. The average molecular weight is 291 g/mol. The van der Waals surface area contributed by atoms with Crippen LogP contribution in [0.5, 0.6) is 0 Å². The van der Waals surface area contributed by atoms with Crippen molar-refractivity contribution in [3.63, 3.8) is 0 Å². The fraction of sp³-hybridized carbons (Fsp3) is 0.357. The predicted molar refractivity (Wildman–Crippen MR) is 73.8 cm³/mol. The summed E-state index contributed by atoms with van der Waals surface area (Å²) in [5.41, 5.74) is 0. The van der Waals surface area contributed by atoms with Gasteiger partial charge in [0, 0.05) is 25.4 Å². The summed E-state index contributed by atoms with van der Waals surface area (Å²) in [4.78, 5) is 22.4. The molecule has 112 valence electrons. The lowest BCUT2D eigenvalue weighted by Gasteiger charge is -2.09. The van der Waals surface area contributed by atoms with Gasteiger partial charge in [0.25, 0.3) is 5.91 Å². The Bertz CT molecular complexity index is 604. The average Bonchev–Trinajstić information content (AvgIpc) is 3.07. The minimum absolute atomic E-state index is 0.0168. The van der Waals surface area contributed by atoms with Crippen LogP contribution in [0, 0.1) is 5.92 Å². The van der Waals surface area contributed by atoms with Crippen molar-refractivity contribution in [2.24, 2.45) is 5.92 Å². The Morgan fingerprint density at radius 1 is 1.48 bits per heavy atom. The summed E-state index contributed by atoms with van der Waals surface area (Å²) in [5, 5.41) is 15.4. The minimum atomic E-state index is -0.878. The van der Waals surface area contributed by atoms with E-state index in [1.165, 1.54) is 0 Å². The maximum atomic E-state index is 11.9. The summed E-state index contributed by atoms with van der Waals surface area (Å²) in [6.45, 7) is 2.51. The molecule has 2 N–H and O–H groups in total. The number of aromatic nitrogens is 2. The van der Waals surface area contributed by atoms with Crippen molar-refractivity contribution in [1.29, 1.82) is 0 Å². The number of carbonyl (C=O) groups excluding carboxylic acids is 1. The van der Waals surface area contributed by atoms with E-state index < -0.39 is 5.97 Å². The largest absolute Gasteiger partial charge is 0.481 e. The Hall–Kier alpha value is -2.57. The van der Waals surface area contributed by atoms with Gasteiger partial charge in [-0.2, -0.15) is 5.10 Å². The normalized spacial score (nSPS) is 12.0. The molecule has 2 aromatic heterocycles. The Morgan fingerprint density at radius 2 is 2.29 bits per heavy atom. The molecule has 0 radical (unpaired) electrons. The first-order valence-electron chi connectivity index (χ1n) is 6.60. The quantitative estimate of drug-likeness (QED) is 0.803. The molecule has 0 aliphatic rings. The van der Waals surface area contributed by atoms with Gasteiger partial charge in [-0.15, -0.1) is 0 Å². The second kappa shape index (κ2) is 6.74. The van der Waals surface area contributed by atoms with Gasteiger partial charge in [0.1, 0.15) is 5.76 Å². The highest BCUT2D eigenvalue weighted by Crippen LogP contribution is 2.09. The first kappa shape index (κ1) is 14.8. The SMILES string of the molecule is CC(CNC(=O)c1ccc(Cn2cccn2)o1)CC(=O)O. The Morgan fingerprint density at radius 3 is 2.95 bits per heavy atom. The van der Waals surface area contributed by atoms with Gasteiger partial charge in [0.2, 0.25) is 0 Å². The molecule has 7 nitrogen and oxygen atoms in total. The molecule has 0 aliphatic heterocycles. The first-order chi connectivity index (χ1) is 10.0. The molecule has 21 heavy (non-hydrogen) atoms. The van der Waals surface area contributed by atoms with Gasteiger partial charge in [-0.25, -0.2) is 0 Å². The molecule has 1 amide bonds. The van der Waals surface area contributed by atoms with Gasteiger partial charge >= 0.3 is 5.97 Å². The molecule has 7 heteroatoms. The summed E-state index contributed by atoms with van der Waals surface area (Å²) in [6, 6.07) is 5.12. The number of aliphatic carboxylic acids is 1. The van der Waals surface area contributed by atoms with Crippen LogP contribution in [0.1, 0.15) is 29.7 Å². The van der Waals surface area contributed by atoms with E-state index in [2.05, 4.69) is 10.4 Å². The summed E-state index contributed by atoms with van der Waals surface area (Å²) >= 11 is 0. The molecule has 0 bridgehead atoms. The van der Waals surface area contributed by atoms with Crippen LogP contribution < -0.4 is 5.32 Å². The second-order valence-corrected chi connectivity index (χ2v) is 4.88. The number of nitrogens with zero attached hydrogens (tertiary/aromatic N) is 2. The third-order valence-electron chi connectivity index (χ3n) is 2.90. The number of amides is 1. The topological polar surface area (TPSA) is 97.4 Å². The maximum Gasteiger partial charge on any atom is 0.303 e. The molecular formula is C14H17N3O4. The highest BCUT2D eigenvalue weighted by atomic mass is 16.4. The molecule has 1 unspecified atom stereocenters. The molecule has 1 atom stereocenters. The molecule has 0 fully saturated rings. The van der Waals surface area contributed by atoms with Crippen molar-refractivity contribution in [2.45, 2.75) is 19.9 Å². The second-order valence-electron chi connectivity index (χ2n) is 4.88. The fourth-order valence-corrected chi connectivity index (χ4v) is 1.86. The lowest BCUT2D eigenvalue weighted by molar-refractivity contribution is -0.137. The van der Waals surface area contributed by atoms with E-state index in [0.29, 0.717) is 18.8 Å². The molecule has 0 saturated heterocycles. The zero-order chi connectivity index (χ0) is 15.2.